The summed E-state index contributed by atoms with van der Waals surface area (Å²) in [6.07, 6.45) is 1.02. The fourth-order valence-electron chi connectivity index (χ4n) is 3.38. The molecular weight excluding hydrogens is 354 g/mol. The number of anilines is 1. The fraction of sp³-hybridized carbons (Fsp3) is 0.409. The molecule has 2 aromatic carbocycles. The average Bonchev–Trinajstić information content (AvgIpc) is 2.77. The molecule has 1 heterocycles. The van der Waals surface area contributed by atoms with Crippen LogP contribution in [0.25, 0.3) is 0 Å². The molecule has 2 amide bonds. The lowest BCUT2D eigenvalue weighted by Crippen LogP contribution is -2.52. The van der Waals surface area contributed by atoms with Gasteiger partial charge in [-0.25, -0.2) is 4.79 Å². The smallest absolute Gasteiger partial charge is 0.317 e. The lowest BCUT2D eigenvalue weighted by molar-refractivity contribution is 0.191. The van der Waals surface area contributed by atoms with Crippen LogP contribution in [0.1, 0.15) is 12.5 Å². The molecule has 0 unspecified atom stereocenters. The van der Waals surface area contributed by atoms with Crippen LogP contribution in [0.5, 0.6) is 11.5 Å². The van der Waals surface area contributed by atoms with Crippen molar-refractivity contribution in [1.29, 1.82) is 0 Å². The van der Waals surface area contributed by atoms with Gasteiger partial charge in [-0.3, -0.25) is 0 Å². The molecular formula is C22H29N3O3. The number of para-hydroxylation sites is 1. The number of urea groups is 1. The Morgan fingerprint density at radius 2 is 1.68 bits per heavy atom. The van der Waals surface area contributed by atoms with E-state index in [0.29, 0.717) is 13.2 Å². The molecule has 0 atom stereocenters. The summed E-state index contributed by atoms with van der Waals surface area (Å²) < 4.78 is 10.8. The molecule has 0 aliphatic carbocycles. The summed E-state index contributed by atoms with van der Waals surface area (Å²) in [5.41, 5.74) is 2.65. The van der Waals surface area contributed by atoms with Crippen LogP contribution < -0.4 is 19.7 Å². The van der Waals surface area contributed by atoms with E-state index >= 15 is 0 Å². The maximum Gasteiger partial charge on any atom is 0.317 e. The number of hydrogen-bond acceptors (Lipinski definition) is 4. The van der Waals surface area contributed by atoms with Crippen LogP contribution >= 0.6 is 0 Å². The molecule has 0 saturated carbocycles. The van der Waals surface area contributed by atoms with Crippen molar-refractivity contribution in [2.45, 2.75) is 13.3 Å². The Morgan fingerprint density at radius 1 is 1.00 bits per heavy atom. The third-order valence-electron chi connectivity index (χ3n) is 4.99. The average molecular weight is 383 g/mol. The van der Waals surface area contributed by atoms with Gasteiger partial charge in [0.05, 0.1) is 13.7 Å². The second kappa shape index (κ2) is 9.88. The Morgan fingerprint density at radius 3 is 2.36 bits per heavy atom. The number of nitrogens with zero attached hydrogens (tertiary/aromatic N) is 2. The van der Waals surface area contributed by atoms with Crippen LogP contribution in [-0.4, -0.2) is 57.4 Å². The highest BCUT2D eigenvalue weighted by Crippen LogP contribution is 2.22. The standard InChI is InChI=1S/C22H29N3O3/c1-3-18-6-4-5-7-21(18)24-13-15-25(16-14-24)22(26)23-12-17-28-20-10-8-19(27-2)9-11-20/h4-11H,3,12-17H2,1-2H3,(H,23,26). The minimum Gasteiger partial charge on any atom is -0.497 e. The molecule has 0 radical (unpaired) electrons. The van der Waals surface area contributed by atoms with Crippen molar-refractivity contribution >= 4 is 11.7 Å². The lowest BCUT2D eigenvalue weighted by atomic mass is 10.1. The maximum absolute atomic E-state index is 12.4. The number of aryl methyl sites for hydroxylation is 1. The van der Waals surface area contributed by atoms with Gasteiger partial charge in [-0.15, -0.1) is 0 Å². The highest BCUT2D eigenvalue weighted by atomic mass is 16.5. The molecule has 1 saturated heterocycles. The molecule has 6 nitrogen and oxygen atoms in total. The summed E-state index contributed by atoms with van der Waals surface area (Å²) in [6, 6.07) is 15.9. The van der Waals surface area contributed by atoms with Crippen molar-refractivity contribution in [3.63, 3.8) is 0 Å². The van der Waals surface area contributed by atoms with Gasteiger partial charge < -0.3 is 24.6 Å². The van der Waals surface area contributed by atoms with Gasteiger partial charge in [0.1, 0.15) is 18.1 Å². The topological polar surface area (TPSA) is 54.0 Å². The van der Waals surface area contributed by atoms with Crippen LogP contribution in [-0.2, 0) is 6.42 Å². The van der Waals surface area contributed by atoms with Crippen LogP contribution in [0.3, 0.4) is 0 Å². The summed E-state index contributed by atoms with van der Waals surface area (Å²) in [4.78, 5) is 16.6. The van der Waals surface area contributed by atoms with E-state index in [1.807, 2.05) is 29.2 Å². The summed E-state index contributed by atoms with van der Waals surface area (Å²) in [7, 11) is 1.63. The fourth-order valence-corrected chi connectivity index (χ4v) is 3.38. The Labute approximate surface area is 167 Å². The molecule has 6 heteroatoms. The predicted octanol–water partition coefficient (Wildman–Crippen LogP) is 3.17. The van der Waals surface area contributed by atoms with Gasteiger partial charge in [-0.1, -0.05) is 25.1 Å². The third-order valence-corrected chi connectivity index (χ3v) is 4.99. The molecule has 1 aliphatic rings. The minimum atomic E-state index is -0.0262. The highest BCUT2D eigenvalue weighted by molar-refractivity contribution is 5.74. The van der Waals surface area contributed by atoms with Crippen molar-refractivity contribution < 1.29 is 14.3 Å². The first kappa shape index (κ1) is 19.9. The molecule has 1 aliphatic heterocycles. The number of piperazine rings is 1. The number of hydrogen-bond donors (Lipinski definition) is 1. The second-order valence-corrected chi connectivity index (χ2v) is 6.71. The van der Waals surface area contributed by atoms with E-state index in [2.05, 4.69) is 41.4 Å². The molecule has 2 aromatic rings. The molecule has 150 valence electrons. The summed E-state index contributed by atoms with van der Waals surface area (Å²) in [5, 5.41) is 2.94. The molecule has 1 N–H and O–H groups in total. The number of carbonyl (C=O) groups is 1. The SMILES string of the molecule is CCc1ccccc1N1CCN(C(=O)NCCOc2ccc(OC)cc2)CC1. The molecule has 1 fully saturated rings. The normalized spacial score (nSPS) is 13.9. The van der Waals surface area contributed by atoms with E-state index in [1.165, 1.54) is 11.3 Å². The van der Waals surface area contributed by atoms with Crippen molar-refractivity contribution in [2.24, 2.45) is 0 Å². The van der Waals surface area contributed by atoms with Gasteiger partial charge in [0, 0.05) is 31.9 Å². The van der Waals surface area contributed by atoms with E-state index in [0.717, 1.165) is 44.1 Å². The maximum atomic E-state index is 12.4. The van der Waals surface area contributed by atoms with E-state index in [1.54, 1.807) is 7.11 Å². The number of benzene rings is 2. The number of nitrogens with one attached hydrogen (secondary N) is 1. The van der Waals surface area contributed by atoms with Crippen LogP contribution in [0.15, 0.2) is 48.5 Å². The monoisotopic (exact) mass is 383 g/mol. The van der Waals surface area contributed by atoms with Gasteiger partial charge in [0.25, 0.3) is 0 Å². The first-order chi connectivity index (χ1) is 13.7. The highest BCUT2D eigenvalue weighted by Gasteiger charge is 2.21. The Kier molecular flexibility index (Phi) is 7.00. The van der Waals surface area contributed by atoms with Crippen LogP contribution in [0.4, 0.5) is 10.5 Å². The molecule has 3 rings (SSSR count). The van der Waals surface area contributed by atoms with Gasteiger partial charge in [0.15, 0.2) is 0 Å². The quantitative estimate of drug-likeness (QED) is 0.746. The number of ether oxygens (including phenoxy) is 2. The largest absolute Gasteiger partial charge is 0.497 e. The Hall–Kier alpha value is -2.89. The zero-order valence-corrected chi connectivity index (χ0v) is 16.7. The van der Waals surface area contributed by atoms with Gasteiger partial charge in [0.2, 0.25) is 0 Å². The first-order valence-corrected chi connectivity index (χ1v) is 9.83. The van der Waals surface area contributed by atoms with Gasteiger partial charge in [-0.05, 0) is 42.3 Å². The number of carbonyl (C=O) groups excluding carboxylic acids is 1. The van der Waals surface area contributed by atoms with Crippen molar-refractivity contribution in [1.82, 2.24) is 10.2 Å². The Balaban J connectivity index is 1.39. The number of rotatable bonds is 7. The summed E-state index contributed by atoms with van der Waals surface area (Å²) >= 11 is 0. The first-order valence-electron chi connectivity index (χ1n) is 9.83. The minimum absolute atomic E-state index is 0.0262. The van der Waals surface area contributed by atoms with Crippen LogP contribution in [0, 0.1) is 0 Å². The summed E-state index contributed by atoms with van der Waals surface area (Å²) in [6.45, 7) is 6.24. The van der Waals surface area contributed by atoms with E-state index in [9.17, 15) is 4.79 Å². The Bertz CT molecular complexity index is 756. The van der Waals surface area contributed by atoms with Gasteiger partial charge in [-0.2, -0.15) is 0 Å². The van der Waals surface area contributed by atoms with Crippen molar-refractivity contribution in [2.75, 3.05) is 51.3 Å². The van der Waals surface area contributed by atoms with Crippen LogP contribution in [0.2, 0.25) is 0 Å². The number of amides is 2. The van der Waals surface area contributed by atoms with Crippen molar-refractivity contribution in [3.8, 4) is 11.5 Å². The molecule has 0 aromatic heterocycles. The second-order valence-electron chi connectivity index (χ2n) is 6.71. The summed E-state index contributed by atoms with van der Waals surface area (Å²) in [5.74, 6) is 1.56. The molecule has 0 bridgehead atoms. The number of methoxy groups -OCH3 is 1. The zero-order chi connectivity index (χ0) is 19.8. The predicted molar refractivity (Wildman–Crippen MR) is 111 cm³/mol. The third kappa shape index (κ3) is 5.09. The van der Waals surface area contributed by atoms with Gasteiger partial charge >= 0.3 is 6.03 Å². The van der Waals surface area contributed by atoms with Crippen molar-refractivity contribution in [3.05, 3.63) is 54.1 Å². The van der Waals surface area contributed by atoms with E-state index < -0.39 is 0 Å². The van der Waals surface area contributed by atoms with E-state index in [-0.39, 0.29) is 6.03 Å². The lowest BCUT2D eigenvalue weighted by Gasteiger charge is -2.37. The van der Waals surface area contributed by atoms with E-state index in [4.69, 9.17) is 9.47 Å². The molecule has 28 heavy (non-hydrogen) atoms. The molecule has 0 spiro atoms. The zero-order valence-electron chi connectivity index (χ0n) is 16.7.